The third kappa shape index (κ3) is 6.21. The molecule has 12 aromatic carbocycles. The van der Waals surface area contributed by atoms with E-state index in [2.05, 4.69) is 289 Å². The number of hydrogen-bond donors (Lipinski definition) is 0. The van der Waals surface area contributed by atoms with E-state index in [1.165, 1.54) is 93.5 Å². The lowest BCUT2D eigenvalue weighted by Crippen LogP contribution is -2.29. The van der Waals surface area contributed by atoms with Gasteiger partial charge in [0.15, 0.2) is 0 Å². The molecule has 0 amide bonds. The zero-order valence-corrected chi connectivity index (χ0v) is 39.0. The topological polar surface area (TPSA) is 8.17 Å². The molecule has 0 atom stereocenters. The van der Waals surface area contributed by atoms with Crippen LogP contribution in [0.25, 0.3) is 82.4 Å². The Bertz CT molecular complexity index is 4050. The summed E-state index contributed by atoms with van der Waals surface area (Å²) in [6, 6.07) is 103. The Morgan fingerprint density at radius 3 is 1.46 bits per heavy atom. The van der Waals surface area contributed by atoms with Crippen LogP contribution in [0.4, 0.5) is 17.1 Å². The average molecular weight is 903 g/mol. The van der Waals surface area contributed by atoms with Crippen LogP contribution in [0.2, 0.25) is 0 Å². The van der Waals surface area contributed by atoms with E-state index in [0.29, 0.717) is 0 Å². The van der Waals surface area contributed by atoms with Crippen molar-refractivity contribution in [1.82, 2.24) is 4.57 Å². The number of hydrogen-bond acceptors (Lipinski definition) is 1. The number of aromatic nitrogens is 1. The highest BCUT2D eigenvalue weighted by Crippen LogP contribution is 2.58. The maximum Gasteiger partial charge on any atom is 0.0734 e. The van der Waals surface area contributed by atoms with E-state index in [4.69, 9.17) is 0 Å². The van der Waals surface area contributed by atoms with Crippen LogP contribution in [0.15, 0.2) is 279 Å². The Balaban J connectivity index is 1.02. The normalized spacial score (nSPS) is 12.6. The summed E-state index contributed by atoms with van der Waals surface area (Å²) in [7, 11) is 0. The molecule has 332 valence electrons. The van der Waals surface area contributed by atoms with Gasteiger partial charge in [0.25, 0.3) is 0 Å². The Morgan fingerprint density at radius 2 is 0.775 bits per heavy atom. The highest BCUT2D eigenvalue weighted by atomic mass is 15.1. The van der Waals surface area contributed by atoms with E-state index < -0.39 is 5.41 Å². The number of rotatable bonds is 8. The molecule has 1 aromatic heterocycles. The standard InChI is InChI=1S/C69H46N2/c1-3-26-50(27-4-1)69(51-28-5-2-6-29-51)61-38-16-13-34-56(61)60-37-21-43-66(68(60)69)71-65-40-18-15-36-58(65)59-45-44-49(46-67(59)71)52-30-11-12-33-55(52)57-35-14-17-39-64(57)70(62-41-19-24-47-22-7-9-31-53(47)62)63-42-20-25-48-23-8-10-32-54(48)63/h1-46H. The molecule has 0 fully saturated rings. The Hall–Kier alpha value is -9.24. The molecule has 0 spiro atoms. The first-order valence-electron chi connectivity index (χ1n) is 24.6. The SMILES string of the molecule is c1ccc(C2(c3ccccc3)c3ccccc3-c3cccc(-n4c5ccccc5c5ccc(-c6ccccc6-c6ccccc6N(c6cccc7ccccc67)c6cccc7ccccc67)cc54)c32)cc1. The first-order valence-corrected chi connectivity index (χ1v) is 24.6. The quantitative estimate of drug-likeness (QED) is 0.147. The minimum absolute atomic E-state index is 0.573. The van der Waals surface area contributed by atoms with Gasteiger partial charge in [0, 0.05) is 32.7 Å². The summed E-state index contributed by atoms with van der Waals surface area (Å²) in [5.74, 6) is 0. The van der Waals surface area contributed by atoms with E-state index in [9.17, 15) is 0 Å². The van der Waals surface area contributed by atoms with E-state index in [1.807, 2.05) is 0 Å². The van der Waals surface area contributed by atoms with Crippen molar-refractivity contribution < 1.29 is 0 Å². The van der Waals surface area contributed by atoms with Gasteiger partial charge in [-0.1, -0.05) is 243 Å². The second-order valence-electron chi connectivity index (χ2n) is 18.7. The molecule has 0 radical (unpaired) electrons. The molecule has 0 bridgehead atoms. The van der Waals surface area contributed by atoms with Crippen molar-refractivity contribution in [3.63, 3.8) is 0 Å². The lowest BCUT2D eigenvalue weighted by atomic mass is 9.67. The van der Waals surface area contributed by atoms with Crippen molar-refractivity contribution >= 4 is 60.4 Å². The summed E-state index contributed by atoms with van der Waals surface area (Å²) < 4.78 is 2.55. The highest BCUT2D eigenvalue weighted by molar-refractivity contribution is 6.12. The molecule has 14 rings (SSSR count). The van der Waals surface area contributed by atoms with E-state index in [1.54, 1.807) is 0 Å². The summed E-state index contributed by atoms with van der Waals surface area (Å²) >= 11 is 0. The van der Waals surface area contributed by atoms with Crippen molar-refractivity contribution in [2.75, 3.05) is 4.90 Å². The molecule has 1 aliphatic carbocycles. The molecule has 2 nitrogen and oxygen atoms in total. The molecular formula is C69H46N2. The second kappa shape index (κ2) is 16.5. The molecule has 13 aromatic rings. The van der Waals surface area contributed by atoms with Crippen LogP contribution in [-0.4, -0.2) is 4.57 Å². The minimum Gasteiger partial charge on any atom is -0.309 e. The summed E-state index contributed by atoms with van der Waals surface area (Å²) in [4.78, 5) is 2.48. The fourth-order valence-corrected chi connectivity index (χ4v) is 12.1. The largest absolute Gasteiger partial charge is 0.309 e. The summed E-state index contributed by atoms with van der Waals surface area (Å²) in [5.41, 5.74) is 18.6. The molecule has 0 unspecified atom stereocenters. The zero-order chi connectivity index (χ0) is 46.9. The van der Waals surface area contributed by atoms with Gasteiger partial charge in [0.2, 0.25) is 0 Å². The van der Waals surface area contributed by atoms with E-state index in [0.717, 1.165) is 28.2 Å². The highest BCUT2D eigenvalue weighted by Gasteiger charge is 2.48. The maximum absolute atomic E-state index is 2.55. The summed E-state index contributed by atoms with van der Waals surface area (Å²) in [5, 5.41) is 7.25. The lowest BCUT2D eigenvalue weighted by molar-refractivity contribution is 0.762. The minimum atomic E-state index is -0.573. The maximum atomic E-state index is 2.55. The molecule has 0 saturated carbocycles. The van der Waals surface area contributed by atoms with Crippen molar-refractivity contribution in [1.29, 1.82) is 0 Å². The third-order valence-corrected chi connectivity index (χ3v) is 15.1. The summed E-state index contributed by atoms with van der Waals surface area (Å²) in [6.45, 7) is 0. The number of para-hydroxylation sites is 2. The molecule has 0 N–H and O–H groups in total. The van der Waals surface area contributed by atoms with Crippen LogP contribution >= 0.6 is 0 Å². The smallest absolute Gasteiger partial charge is 0.0734 e. The van der Waals surface area contributed by atoms with Gasteiger partial charge < -0.3 is 9.47 Å². The van der Waals surface area contributed by atoms with E-state index >= 15 is 0 Å². The molecule has 2 heteroatoms. The van der Waals surface area contributed by atoms with Crippen molar-refractivity contribution in [3.05, 3.63) is 301 Å². The van der Waals surface area contributed by atoms with Gasteiger partial charge in [-0.3, -0.25) is 0 Å². The lowest BCUT2D eigenvalue weighted by Gasteiger charge is -2.35. The Labute approximate surface area is 413 Å². The van der Waals surface area contributed by atoms with Crippen LogP contribution in [0.5, 0.6) is 0 Å². The van der Waals surface area contributed by atoms with Gasteiger partial charge in [-0.25, -0.2) is 0 Å². The van der Waals surface area contributed by atoms with Crippen molar-refractivity contribution in [2.24, 2.45) is 0 Å². The fourth-order valence-electron chi connectivity index (χ4n) is 12.1. The van der Waals surface area contributed by atoms with Gasteiger partial charge in [-0.2, -0.15) is 0 Å². The number of benzene rings is 12. The predicted molar refractivity (Wildman–Crippen MR) is 299 cm³/mol. The van der Waals surface area contributed by atoms with Crippen LogP contribution in [0.3, 0.4) is 0 Å². The Kier molecular flexibility index (Phi) is 9.47. The van der Waals surface area contributed by atoms with Crippen LogP contribution in [0, 0.1) is 0 Å². The Morgan fingerprint density at radius 1 is 0.296 bits per heavy atom. The third-order valence-electron chi connectivity index (χ3n) is 15.1. The predicted octanol–water partition coefficient (Wildman–Crippen LogP) is 18.3. The molecule has 0 saturated heterocycles. The summed E-state index contributed by atoms with van der Waals surface area (Å²) in [6.07, 6.45) is 0. The van der Waals surface area contributed by atoms with Crippen molar-refractivity contribution in [3.8, 4) is 39.1 Å². The van der Waals surface area contributed by atoms with Gasteiger partial charge in [-0.05, 0) is 91.7 Å². The van der Waals surface area contributed by atoms with Gasteiger partial charge in [-0.15, -0.1) is 0 Å². The van der Waals surface area contributed by atoms with Crippen molar-refractivity contribution in [2.45, 2.75) is 5.41 Å². The van der Waals surface area contributed by atoms with Crippen LogP contribution < -0.4 is 4.90 Å². The van der Waals surface area contributed by atoms with Gasteiger partial charge >= 0.3 is 0 Å². The molecular weight excluding hydrogens is 857 g/mol. The number of fused-ring (bicyclic) bond motifs is 8. The molecule has 1 heterocycles. The first kappa shape index (κ1) is 40.8. The fraction of sp³-hybridized carbons (Fsp3) is 0.0145. The molecule has 1 aliphatic rings. The average Bonchev–Trinajstić information content (AvgIpc) is 3.95. The second-order valence-corrected chi connectivity index (χ2v) is 18.7. The zero-order valence-electron chi connectivity index (χ0n) is 39.0. The van der Waals surface area contributed by atoms with E-state index in [-0.39, 0.29) is 0 Å². The first-order chi connectivity index (χ1) is 35.3. The van der Waals surface area contributed by atoms with Gasteiger partial charge in [0.1, 0.15) is 0 Å². The molecule has 71 heavy (non-hydrogen) atoms. The van der Waals surface area contributed by atoms with Gasteiger partial charge in [0.05, 0.1) is 39.2 Å². The van der Waals surface area contributed by atoms with Crippen LogP contribution in [0.1, 0.15) is 22.3 Å². The van der Waals surface area contributed by atoms with Crippen LogP contribution in [-0.2, 0) is 5.41 Å². The monoisotopic (exact) mass is 902 g/mol. The number of nitrogens with zero attached hydrogens (tertiary/aromatic N) is 2. The number of anilines is 3. The molecule has 0 aliphatic heterocycles.